The van der Waals surface area contributed by atoms with Gasteiger partial charge in [-0.2, -0.15) is 0 Å². The fourth-order valence-corrected chi connectivity index (χ4v) is 6.53. The van der Waals surface area contributed by atoms with Crippen LogP contribution in [0.15, 0.2) is 0 Å². The van der Waals surface area contributed by atoms with Gasteiger partial charge in [-0.05, 0) is 93.9 Å². The number of ether oxygens (including phenoxy) is 12. The lowest BCUT2D eigenvalue weighted by Crippen LogP contribution is -2.37. The van der Waals surface area contributed by atoms with Crippen molar-refractivity contribution in [3.05, 3.63) is 0 Å². The molecule has 0 rings (SSSR count). The van der Waals surface area contributed by atoms with Gasteiger partial charge in [0.2, 0.25) is 20.4 Å². The van der Waals surface area contributed by atoms with E-state index >= 15 is 0 Å². The highest BCUT2D eigenvalue weighted by molar-refractivity contribution is 6.01. The predicted octanol–water partition coefficient (Wildman–Crippen LogP) is 2.11. The molecule has 0 fully saturated rings. The Kier molecular flexibility index (Phi) is 37.5. The van der Waals surface area contributed by atoms with E-state index in [0.29, 0.717) is 12.8 Å². The number of carbonyl (C=O) groups is 18. The molecule has 0 aliphatic carbocycles. The van der Waals surface area contributed by atoms with E-state index in [1.54, 1.807) is 13.8 Å². The van der Waals surface area contributed by atoms with Gasteiger partial charge in [-0.15, -0.1) is 0 Å². The van der Waals surface area contributed by atoms with Crippen LogP contribution in [-0.2, 0) is 143 Å². The number of Topliss-reactive ketones (excluding diaryl/α,β-unsaturated/α-hetero) is 6. The van der Waals surface area contributed by atoms with Gasteiger partial charge in [0, 0.05) is 38.5 Å². The molecule has 0 spiro atoms. The number of hydrogen-bond donors (Lipinski definition) is 0. The van der Waals surface area contributed by atoms with Crippen LogP contribution in [0.3, 0.4) is 0 Å². The van der Waals surface area contributed by atoms with Gasteiger partial charge in [-0.1, -0.05) is 13.8 Å². The highest BCUT2D eigenvalue weighted by atomic mass is 16.7. The molecule has 476 valence electrons. The van der Waals surface area contributed by atoms with Gasteiger partial charge >= 0.3 is 71.6 Å². The van der Waals surface area contributed by atoms with Gasteiger partial charge in [0.15, 0.2) is 12.2 Å². The minimum absolute atomic E-state index is 0.0774. The summed E-state index contributed by atoms with van der Waals surface area (Å²) in [6.07, 6.45) is -6.62. The van der Waals surface area contributed by atoms with E-state index in [4.69, 9.17) is 56.8 Å². The Morgan fingerprint density at radius 3 is 0.694 bits per heavy atom. The summed E-state index contributed by atoms with van der Waals surface area (Å²) < 4.78 is 59.9. The van der Waals surface area contributed by atoms with Crippen LogP contribution in [0.1, 0.15) is 146 Å². The lowest BCUT2D eigenvalue weighted by atomic mass is 9.99. The summed E-state index contributed by atoms with van der Waals surface area (Å²) in [5, 5.41) is 0. The maximum atomic E-state index is 13.3. The SMILES string of the molecule is CCCC(=O)OCOC(=O)CCC(C(C)=O)C(=O)OCC(COC(=O)C(C)C(C)=O)OC(=O)C(CCC(=O)OCOC(=O)CCC(C(C)=O)C(=O)OC(COC(=O)C(C)C(C)=O)COC(=O)C(CCC(=O)OCOC(=O)CCC)C(C)=O)C(C)=O. The number of esters is 12. The Bertz CT molecular complexity index is 2240. The van der Waals surface area contributed by atoms with Gasteiger partial charge in [-0.3, -0.25) is 86.3 Å². The van der Waals surface area contributed by atoms with Crippen molar-refractivity contribution in [2.45, 2.75) is 158 Å². The minimum atomic E-state index is -1.71. The van der Waals surface area contributed by atoms with E-state index in [1.807, 2.05) is 0 Å². The molecule has 0 saturated carbocycles. The van der Waals surface area contributed by atoms with Crippen LogP contribution in [0.5, 0.6) is 0 Å². The van der Waals surface area contributed by atoms with Crippen LogP contribution in [0, 0.1) is 35.5 Å². The van der Waals surface area contributed by atoms with Crippen molar-refractivity contribution in [3.63, 3.8) is 0 Å². The fraction of sp³-hybridized carbons (Fsp3) is 0.673. The molecule has 8 unspecified atom stereocenters. The van der Waals surface area contributed by atoms with Crippen molar-refractivity contribution in [2.24, 2.45) is 35.5 Å². The predicted molar refractivity (Wildman–Crippen MR) is 278 cm³/mol. The third-order valence-corrected chi connectivity index (χ3v) is 12.0. The molecule has 0 amide bonds. The molecule has 0 radical (unpaired) electrons. The van der Waals surface area contributed by atoms with Gasteiger partial charge < -0.3 is 56.8 Å². The summed E-state index contributed by atoms with van der Waals surface area (Å²) in [6.45, 7) is 6.11. The first-order chi connectivity index (χ1) is 39.9. The Hall–Kier alpha value is -8.34. The van der Waals surface area contributed by atoms with Crippen molar-refractivity contribution in [1.29, 1.82) is 0 Å². The third-order valence-electron chi connectivity index (χ3n) is 12.0. The number of rotatable bonds is 44. The van der Waals surface area contributed by atoms with Crippen LogP contribution in [0.4, 0.5) is 0 Å². The normalized spacial score (nSPS) is 13.5. The first-order valence-electron chi connectivity index (χ1n) is 26.9. The number of ketones is 6. The van der Waals surface area contributed by atoms with E-state index in [2.05, 4.69) is 0 Å². The zero-order valence-corrected chi connectivity index (χ0v) is 49.3. The van der Waals surface area contributed by atoms with Crippen LogP contribution in [0.2, 0.25) is 0 Å². The average Bonchev–Trinajstić information content (AvgIpc) is 3.62. The van der Waals surface area contributed by atoms with Gasteiger partial charge in [0.25, 0.3) is 0 Å². The van der Waals surface area contributed by atoms with Crippen molar-refractivity contribution >= 4 is 106 Å². The first-order valence-corrected chi connectivity index (χ1v) is 26.9. The Balaban J connectivity index is 5.76. The summed E-state index contributed by atoms with van der Waals surface area (Å²) in [5.74, 6) is -26.0. The smallest absolute Gasteiger partial charge is 0.317 e. The van der Waals surface area contributed by atoms with E-state index in [0.717, 1.165) is 41.5 Å². The van der Waals surface area contributed by atoms with Gasteiger partial charge in [0.1, 0.15) is 96.6 Å². The monoisotopic (exact) mass is 1220 g/mol. The topological polar surface area (TPSA) is 418 Å². The summed E-state index contributed by atoms with van der Waals surface area (Å²) in [6, 6.07) is 0. The maximum Gasteiger partial charge on any atom is 0.317 e. The van der Waals surface area contributed by atoms with Crippen LogP contribution in [-0.4, -0.2) is 165 Å². The average molecular weight is 1220 g/mol. The minimum Gasteiger partial charge on any atom is -0.461 e. The third kappa shape index (κ3) is 32.9. The molecule has 0 aliphatic rings. The summed E-state index contributed by atoms with van der Waals surface area (Å²) in [4.78, 5) is 224. The second kappa shape index (κ2) is 41.6. The molecule has 30 heteroatoms. The molecule has 0 aromatic heterocycles. The van der Waals surface area contributed by atoms with Gasteiger partial charge in [-0.25, -0.2) is 0 Å². The van der Waals surface area contributed by atoms with Gasteiger partial charge in [0.05, 0.1) is 0 Å². The molecule has 0 aromatic rings. The number of carbonyl (C=O) groups excluding carboxylic acids is 18. The highest BCUT2D eigenvalue weighted by Crippen LogP contribution is 2.19. The van der Waals surface area contributed by atoms with E-state index in [9.17, 15) is 86.3 Å². The second-order valence-corrected chi connectivity index (χ2v) is 19.1. The molecule has 0 aliphatic heterocycles. The molecule has 0 aromatic carbocycles. The largest absolute Gasteiger partial charge is 0.461 e. The molecule has 8 atom stereocenters. The van der Waals surface area contributed by atoms with Crippen LogP contribution >= 0.6 is 0 Å². The highest BCUT2D eigenvalue weighted by Gasteiger charge is 2.35. The lowest BCUT2D eigenvalue weighted by molar-refractivity contribution is -0.175. The fourth-order valence-electron chi connectivity index (χ4n) is 6.53. The number of hydrogen-bond acceptors (Lipinski definition) is 30. The Morgan fingerprint density at radius 1 is 0.271 bits per heavy atom. The van der Waals surface area contributed by atoms with E-state index < -0.39 is 252 Å². The molecule has 30 nitrogen and oxygen atoms in total. The van der Waals surface area contributed by atoms with E-state index in [1.165, 1.54) is 13.8 Å². The van der Waals surface area contributed by atoms with Crippen LogP contribution < -0.4 is 0 Å². The second-order valence-electron chi connectivity index (χ2n) is 19.1. The Morgan fingerprint density at radius 2 is 0.482 bits per heavy atom. The Labute approximate surface area is 489 Å². The molecule has 85 heavy (non-hydrogen) atoms. The molecular formula is C55H76O30. The van der Waals surface area contributed by atoms with Crippen molar-refractivity contribution in [1.82, 2.24) is 0 Å². The molecule has 0 saturated heterocycles. The molecule has 0 bridgehead atoms. The van der Waals surface area contributed by atoms with E-state index in [-0.39, 0.29) is 12.8 Å². The zero-order valence-electron chi connectivity index (χ0n) is 49.3. The summed E-state index contributed by atoms with van der Waals surface area (Å²) in [7, 11) is 0. The van der Waals surface area contributed by atoms with Crippen LogP contribution in [0.25, 0.3) is 0 Å². The maximum absolute atomic E-state index is 13.3. The molecular weight excluding hydrogens is 1140 g/mol. The molecule has 0 heterocycles. The summed E-state index contributed by atoms with van der Waals surface area (Å²) >= 11 is 0. The standard InChI is InChI=1S/C55H76O30/c1-11-13-44(62)78-27-80-46(64)19-15-40(34(7)58)52(70)76-25-38(23-74-50(68)30(3)32(5)56)84-54(72)42(36(9)60)17-21-48(66)82-29-83-49(67)22-18-43(37(10)61)55(73)85-39(24-75-51(69)31(4)33(6)57)26-77-53(71)41(35(8)59)16-20-47(65)81-28-79-45(63)14-12-2/h30-31,38-43H,11-29H2,1-10H3. The molecule has 0 N–H and O–H groups in total. The van der Waals surface area contributed by atoms with Crippen molar-refractivity contribution in [3.8, 4) is 0 Å². The first kappa shape index (κ1) is 76.7. The van der Waals surface area contributed by atoms with Crippen molar-refractivity contribution in [2.75, 3.05) is 46.8 Å². The van der Waals surface area contributed by atoms with Crippen molar-refractivity contribution < 1.29 is 143 Å². The quantitative estimate of drug-likeness (QED) is 0.0365. The zero-order chi connectivity index (χ0) is 64.9. The lowest BCUT2D eigenvalue weighted by Gasteiger charge is -2.22. The summed E-state index contributed by atoms with van der Waals surface area (Å²) in [5.41, 5.74) is 0.